The lowest BCUT2D eigenvalue weighted by molar-refractivity contribution is -0.141. The number of aliphatic carboxylic acids is 1. The van der Waals surface area contributed by atoms with E-state index in [0.29, 0.717) is 5.75 Å². The maximum Gasteiger partial charge on any atom is 0.311 e. The molecule has 17 heavy (non-hydrogen) atoms. The molecule has 1 aliphatic rings. The lowest BCUT2D eigenvalue weighted by atomic mass is 9.72. The molecule has 1 aromatic rings. The van der Waals surface area contributed by atoms with Crippen LogP contribution in [0.2, 0.25) is 0 Å². The van der Waals surface area contributed by atoms with Gasteiger partial charge in [0.1, 0.15) is 5.75 Å². The van der Waals surface area contributed by atoms with E-state index in [1.807, 2.05) is 25.1 Å². The Bertz CT molecular complexity index is 421. The lowest BCUT2D eigenvalue weighted by Gasteiger charge is -2.32. The van der Waals surface area contributed by atoms with E-state index in [9.17, 15) is 9.90 Å². The number of benzene rings is 1. The molecule has 0 aromatic heterocycles. The normalized spacial score (nSPS) is 17.3. The van der Waals surface area contributed by atoms with Gasteiger partial charge < -0.3 is 9.84 Å². The van der Waals surface area contributed by atoms with Crippen LogP contribution in [0.5, 0.6) is 5.75 Å². The third-order valence-corrected chi connectivity index (χ3v) is 3.61. The molecular weight excluding hydrogens is 216 g/mol. The van der Waals surface area contributed by atoms with E-state index >= 15 is 0 Å². The Labute approximate surface area is 101 Å². The summed E-state index contributed by atoms with van der Waals surface area (Å²) in [5.74, 6) is -0.199. The Morgan fingerprint density at radius 3 is 2.65 bits per heavy atom. The summed E-state index contributed by atoms with van der Waals surface area (Å²) in [6.45, 7) is 1.97. The van der Waals surface area contributed by atoms with Crippen molar-refractivity contribution >= 4 is 5.97 Å². The Morgan fingerprint density at radius 1 is 1.47 bits per heavy atom. The van der Waals surface area contributed by atoms with Crippen molar-refractivity contribution in [2.45, 2.75) is 32.1 Å². The predicted octanol–water partition coefficient (Wildman–Crippen LogP) is 2.97. The maximum atomic E-state index is 11.5. The number of rotatable bonds is 4. The molecule has 0 radical (unpaired) electrons. The molecule has 0 heterocycles. The third kappa shape index (κ3) is 2.28. The summed E-state index contributed by atoms with van der Waals surface area (Å²) in [5.41, 5.74) is 1.90. The summed E-state index contributed by atoms with van der Waals surface area (Å²) in [5, 5.41) is 9.42. The smallest absolute Gasteiger partial charge is 0.311 e. The average Bonchev–Trinajstić information content (AvgIpc) is 2.22. The molecule has 0 saturated heterocycles. The van der Waals surface area contributed by atoms with Crippen molar-refractivity contribution in [3.63, 3.8) is 0 Å². The summed E-state index contributed by atoms with van der Waals surface area (Å²) in [6, 6.07) is 5.75. The molecule has 1 saturated carbocycles. The van der Waals surface area contributed by atoms with Crippen molar-refractivity contribution in [2.24, 2.45) is 5.92 Å². The van der Waals surface area contributed by atoms with Crippen LogP contribution in [0.3, 0.4) is 0 Å². The quantitative estimate of drug-likeness (QED) is 0.871. The number of hydrogen-bond acceptors (Lipinski definition) is 2. The molecule has 1 N–H and O–H groups in total. The maximum absolute atomic E-state index is 11.5. The second kappa shape index (κ2) is 4.78. The monoisotopic (exact) mass is 234 g/mol. The minimum atomic E-state index is -0.737. The summed E-state index contributed by atoms with van der Waals surface area (Å²) in [4.78, 5) is 11.5. The molecule has 3 nitrogen and oxygen atoms in total. The summed E-state index contributed by atoms with van der Waals surface area (Å²) < 4.78 is 5.29. The van der Waals surface area contributed by atoms with Crippen LogP contribution in [0.1, 0.15) is 36.3 Å². The van der Waals surface area contributed by atoms with Crippen LogP contribution >= 0.6 is 0 Å². The minimum absolute atomic E-state index is 0.267. The lowest BCUT2D eigenvalue weighted by Crippen LogP contribution is -2.27. The zero-order chi connectivity index (χ0) is 12.4. The molecule has 2 rings (SSSR count). The molecule has 1 atom stereocenters. The van der Waals surface area contributed by atoms with Crippen LogP contribution in [0.15, 0.2) is 18.2 Å². The van der Waals surface area contributed by atoms with Crippen LogP contribution in [0.25, 0.3) is 0 Å². The number of hydrogen-bond donors (Lipinski definition) is 1. The summed E-state index contributed by atoms with van der Waals surface area (Å²) >= 11 is 0. The van der Waals surface area contributed by atoms with Crippen molar-refractivity contribution in [1.29, 1.82) is 0 Å². The van der Waals surface area contributed by atoms with Crippen molar-refractivity contribution in [3.8, 4) is 5.75 Å². The topological polar surface area (TPSA) is 46.5 Å². The first-order valence-corrected chi connectivity index (χ1v) is 6.01. The van der Waals surface area contributed by atoms with E-state index in [1.165, 1.54) is 0 Å². The number of carbonyl (C=O) groups is 1. The highest BCUT2D eigenvalue weighted by molar-refractivity contribution is 5.78. The molecule has 0 spiro atoms. The number of carboxylic acids is 1. The minimum Gasteiger partial charge on any atom is -0.496 e. The van der Waals surface area contributed by atoms with Crippen LogP contribution in [0.4, 0.5) is 0 Å². The first-order valence-electron chi connectivity index (χ1n) is 6.01. The van der Waals surface area contributed by atoms with Gasteiger partial charge in [-0.1, -0.05) is 24.1 Å². The highest BCUT2D eigenvalue weighted by Crippen LogP contribution is 2.42. The standard InChI is InChI=1S/C14H18O3/c1-9-6-7-12(17-2)11(8-9)13(14(15)16)10-4-3-5-10/h6-8,10,13H,3-5H2,1-2H3,(H,15,16). The Hall–Kier alpha value is -1.51. The zero-order valence-electron chi connectivity index (χ0n) is 10.3. The van der Waals surface area contributed by atoms with Gasteiger partial charge in [0.25, 0.3) is 0 Å². The largest absolute Gasteiger partial charge is 0.496 e. The second-order valence-electron chi connectivity index (χ2n) is 4.75. The first-order chi connectivity index (χ1) is 8.13. The molecule has 1 fully saturated rings. The number of methoxy groups -OCH3 is 1. The highest BCUT2D eigenvalue weighted by Gasteiger charge is 2.35. The van der Waals surface area contributed by atoms with Crippen molar-refractivity contribution in [2.75, 3.05) is 7.11 Å². The van der Waals surface area contributed by atoms with Gasteiger partial charge in [0.05, 0.1) is 13.0 Å². The Kier molecular flexibility index (Phi) is 3.36. The Balaban J connectivity index is 2.40. The number of aryl methyl sites for hydroxylation is 1. The Morgan fingerprint density at radius 2 is 2.18 bits per heavy atom. The predicted molar refractivity (Wildman–Crippen MR) is 65.4 cm³/mol. The van der Waals surface area contributed by atoms with Gasteiger partial charge in [-0.3, -0.25) is 4.79 Å². The van der Waals surface area contributed by atoms with Crippen molar-refractivity contribution in [3.05, 3.63) is 29.3 Å². The molecule has 1 unspecified atom stereocenters. The number of ether oxygens (including phenoxy) is 1. The van der Waals surface area contributed by atoms with Gasteiger partial charge in [-0.25, -0.2) is 0 Å². The fourth-order valence-electron chi connectivity index (χ4n) is 2.46. The van der Waals surface area contributed by atoms with Gasteiger partial charge in [-0.2, -0.15) is 0 Å². The molecule has 92 valence electrons. The van der Waals surface area contributed by atoms with Crippen LogP contribution in [-0.2, 0) is 4.79 Å². The molecule has 0 amide bonds. The molecule has 0 aliphatic heterocycles. The molecule has 0 bridgehead atoms. The van der Waals surface area contributed by atoms with E-state index in [4.69, 9.17) is 4.74 Å². The van der Waals surface area contributed by atoms with Gasteiger partial charge in [-0.05, 0) is 31.7 Å². The van der Waals surface area contributed by atoms with E-state index in [0.717, 1.165) is 30.4 Å². The fraction of sp³-hybridized carbons (Fsp3) is 0.500. The highest BCUT2D eigenvalue weighted by atomic mass is 16.5. The van der Waals surface area contributed by atoms with Gasteiger partial charge in [0.2, 0.25) is 0 Å². The first kappa shape index (κ1) is 12.0. The van der Waals surface area contributed by atoms with Crippen molar-refractivity contribution in [1.82, 2.24) is 0 Å². The third-order valence-electron chi connectivity index (χ3n) is 3.61. The molecular formula is C14H18O3. The van der Waals surface area contributed by atoms with E-state index < -0.39 is 11.9 Å². The SMILES string of the molecule is COc1ccc(C)cc1C(C(=O)O)C1CCC1. The van der Waals surface area contributed by atoms with Gasteiger partial charge in [-0.15, -0.1) is 0 Å². The van der Waals surface area contributed by atoms with E-state index in [1.54, 1.807) is 7.11 Å². The molecule has 1 aromatic carbocycles. The van der Waals surface area contributed by atoms with Crippen LogP contribution in [0, 0.1) is 12.8 Å². The molecule has 3 heteroatoms. The summed E-state index contributed by atoms with van der Waals surface area (Å²) in [6.07, 6.45) is 3.16. The second-order valence-corrected chi connectivity index (χ2v) is 4.75. The van der Waals surface area contributed by atoms with E-state index in [2.05, 4.69) is 0 Å². The van der Waals surface area contributed by atoms with E-state index in [-0.39, 0.29) is 5.92 Å². The van der Waals surface area contributed by atoms with Gasteiger partial charge in [0, 0.05) is 5.56 Å². The van der Waals surface area contributed by atoms with Crippen LogP contribution in [-0.4, -0.2) is 18.2 Å². The van der Waals surface area contributed by atoms with Crippen LogP contribution < -0.4 is 4.74 Å². The molecule has 1 aliphatic carbocycles. The summed E-state index contributed by atoms with van der Waals surface area (Å²) in [7, 11) is 1.59. The van der Waals surface area contributed by atoms with Gasteiger partial charge >= 0.3 is 5.97 Å². The fourth-order valence-corrected chi connectivity index (χ4v) is 2.46. The van der Waals surface area contributed by atoms with Crippen molar-refractivity contribution < 1.29 is 14.6 Å². The number of carboxylic acid groups (broad SMARTS) is 1. The zero-order valence-corrected chi connectivity index (χ0v) is 10.3. The average molecular weight is 234 g/mol. The van der Waals surface area contributed by atoms with Gasteiger partial charge in [0.15, 0.2) is 0 Å².